The second kappa shape index (κ2) is 6.03. The molecular weight excluding hydrogens is 194 g/mol. The van der Waals surface area contributed by atoms with Gasteiger partial charge in [-0.2, -0.15) is 0 Å². The molecule has 68 valence electrons. The molecule has 8 heteroatoms. The van der Waals surface area contributed by atoms with Crippen LogP contribution in [0, 0.1) is 0 Å². The lowest BCUT2D eigenvalue weighted by Gasteiger charge is -2.07. The third-order valence-corrected chi connectivity index (χ3v) is 1.42. The van der Waals surface area contributed by atoms with E-state index in [2.05, 4.69) is 9.56 Å². The third kappa shape index (κ3) is 17.9. The van der Waals surface area contributed by atoms with Crippen molar-refractivity contribution in [1.29, 1.82) is 0 Å². The molecule has 6 nitrogen and oxygen atoms in total. The normalized spacial score (nSPS) is 20.6. The van der Waals surface area contributed by atoms with Crippen molar-refractivity contribution in [3.63, 3.8) is 0 Å². The van der Waals surface area contributed by atoms with Crippen LogP contribution in [0.4, 0.5) is 0 Å². The molecule has 0 aromatic rings. The largest absolute Gasteiger partial charge is 0.466 e. The Morgan fingerprint density at radius 1 is 1.36 bits per heavy atom. The highest BCUT2D eigenvalue weighted by Gasteiger charge is 2.00. The van der Waals surface area contributed by atoms with Crippen molar-refractivity contribution in [2.75, 3.05) is 12.8 Å². The van der Waals surface area contributed by atoms with E-state index in [9.17, 15) is 0 Å². The topological polar surface area (TPSA) is 96.2 Å². The zero-order chi connectivity index (χ0) is 8.74. The molecule has 1 heterocycles. The predicted molar refractivity (Wildman–Crippen MR) is 39.1 cm³/mol. The summed E-state index contributed by atoms with van der Waals surface area (Å²) in [7, 11) is -4.06. The van der Waals surface area contributed by atoms with Crippen LogP contribution in [0.2, 0.25) is 0 Å². The average Bonchev–Trinajstić information content (AvgIpc) is 1.88. The van der Waals surface area contributed by atoms with Crippen LogP contribution in [0.25, 0.3) is 0 Å². The summed E-state index contributed by atoms with van der Waals surface area (Å²) in [6, 6.07) is 0. The molecule has 0 spiro atoms. The monoisotopic (exact) mass is 204 g/mol. The number of rotatable bonds is 0. The Bertz CT molecular complexity index is 108. The second-order valence-corrected chi connectivity index (χ2v) is 3.65. The van der Waals surface area contributed by atoms with Crippen LogP contribution in [-0.4, -0.2) is 27.4 Å². The van der Waals surface area contributed by atoms with Crippen molar-refractivity contribution >= 4 is 16.6 Å². The Kier molecular flexibility index (Phi) is 6.28. The standard InChI is InChI=1S/C3H7O2P.H3O4P/c1-2-4-5-6-3-1;1-5(2,3)4/h6H,1-3H2;(H3,1,2,3,4). The van der Waals surface area contributed by atoms with Crippen LogP contribution < -0.4 is 0 Å². The van der Waals surface area contributed by atoms with Crippen LogP contribution >= 0.6 is 16.6 Å². The highest BCUT2D eigenvalue weighted by Crippen LogP contribution is 2.25. The van der Waals surface area contributed by atoms with Gasteiger partial charge in [0, 0.05) is 0 Å². The van der Waals surface area contributed by atoms with E-state index in [1.807, 2.05) is 0 Å². The quantitative estimate of drug-likeness (QED) is 0.379. The highest BCUT2D eigenvalue weighted by atomic mass is 31.2. The van der Waals surface area contributed by atoms with E-state index in [1.54, 1.807) is 0 Å². The van der Waals surface area contributed by atoms with Crippen molar-refractivity contribution in [1.82, 2.24) is 0 Å². The summed E-state index contributed by atoms with van der Waals surface area (Å²) in [5.74, 6) is 0. The van der Waals surface area contributed by atoms with Crippen molar-refractivity contribution in [3.05, 3.63) is 0 Å². The van der Waals surface area contributed by atoms with Crippen LogP contribution in [0.3, 0.4) is 0 Å². The molecule has 0 aromatic carbocycles. The van der Waals surface area contributed by atoms with Gasteiger partial charge in [-0.15, -0.1) is 0 Å². The van der Waals surface area contributed by atoms with Crippen molar-refractivity contribution < 1.29 is 28.8 Å². The summed E-state index contributed by atoms with van der Waals surface area (Å²) >= 11 is 0. The zero-order valence-corrected chi connectivity index (χ0v) is 7.53. The molecule has 0 amide bonds. The molecule has 0 radical (unpaired) electrons. The van der Waals surface area contributed by atoms with Crippen LogP contribution in [0.1, 0.15) is 6.42 Å². The molecule has 0 aliphatic carbocycles. The lowest BCUT2D eigenvalue weighted by Crippen LogP contribution is -1.98. The second-order valence-electron chi connectivity index (χ2n) is 1.67. The zero-order valence-electron chi connectivity index (χ0n) is 5.63. The fourth-order valence-corrected chi connectivity index (χ4v) is 0.867. The van der Waals surface area contributed by atoms with E-state index >= 15 is 0 Å². The van der Waals surface area contributed by atoms with E-state index in [0.29, 0.717) is 8.81 Å². The van der Waals surface area contributed by atoms with Gasteiger partial charge in [0.25, 0.3) is 0 Å². The summed E-state index contributed by atoms with van der Waals surface area (Å²) in [4.78, 5) is 26.1. The first-order chi connectivity index (χ1) is 5.00. The molecule has 1 atom stereocenters. The molecule has 1 aliphatic rings. The van der Waals surface area contributed by atoms with E-state index in [0.717, 1.165) is 6.61 Å². The molecule has 0 bridgehead atoms. The van der Waals surface area contributed by atoms with Gasteiger partial charge in [0.05, 0.1) is 15.4 Å². The first-order valence-corrected chi connectivity index (χ1v) is 5.48. The molecule has 1 saturated heterocycles. The summed E-state index contributed by atoms with van der Waals surface area (Å²) in [6.45, 7) is 0.785. The van der Waals surface area contributed by atoms with Gasteiger partial charge in [-0.25, -0.2) is 14.1 Å². The molecule has 1 fully saturated rings. The van der Waals surface area contributed by atoms with Gasteiger partial charge in [0.1, 0.15) is 0 Å². The van der Waals surface area contributed by atoms with Crippen molar-refractivity contribution in [2.45, 2.75) is 6.42 Å². The minimum Gasteiger partial charge on any atom is -0.303 e. The summed E-state index contributed by atoms with van der Waals surface area (Å²) in [5, 5.41) is 0. The maximum Gasteiger partial charge on any atom is 0.466 e. The highest BCUT2D eigenvalue weighted by molar-refractivity contribution is 7.45. The maximum atomic E-state index is 8.88. The van der Waals surface area contributed by atoms with Gasteiger partial charge < -0.3 is 14.7 Å². The maximum absolute atomic E-state index is 8.88. The SMILES string of the molecule is C1COOPC1.O=P(O)(O)O. The lowest BCUT2D eigenvalue weighted by molar-refractivity contribution is -0.202. The average molecular weight is 204 g/mol. The molecule has 0 aromatic heterocycles. The van der Waals surface area contributed by atoms with Gasteiger partial charge in [-0.05, 0) is 12.6 Å². The first-order valence-electron chi connectivity index (χ1n) is 2.80. The molecule has 3 N–H and O–H groups in total. The predicted octanol–water partition coefficient (Wildman–Crippen LogP) is 0.00320. The summed E-state index contributed by atoms with van der Waals surface area (Å²) in [6.07, 6.45) is 2.35. The molecule has 11 heavy (non-hydrogen) atoms. The van der Waals surface area contributed by atoms with Crippen molar-refractivity contribution in [3.8, 4) is 0 Å². The lowest BCUT2D eigenvalue weighted by atomic mass is 10.5. The Balaban J connectivity index is 0.000000187. The minimum atomic E-state index is -4.64. The summed E-state index contributed by atoms with van der Waals surface area (Å²) in [5.41, 5.74) is 0. The fourth-order valence-electron chi connectivity index (χ4n) is 0.328. The Morgan fingerprint density at radius 2 is 1.91 bits per heavy atom. The molecule has 1 aliphatic heterocycles. The minimum absolute atomic E-state index is 0.579. The van der Waals surface area contributed by atoms with E-state index in [-0.39, 0.29) is 0 Å². The molecule has 1 rings (SSSR count). The fraction of sp³-hybridized carbons (Fsp3) is 1.00. The Morgan fingerprint density at radius 3 is 2.00 bits per heavy atom. The summed E-state index contributed by atoms with van der Waals surface area (Å²) < 4.78 is 13.5. The number of hydrogen-bond donors (Lipinski definition) is 3. The van der Waals surface area contributed by atoms with Gasteiger partial charge in [0.2, 0.25) is 0 Å². The van der Waals surface area contributed by atoms with E-state index < -0.39 is 7.82 Å². The van der Waals surface area contributed by atoms with Crippen LogP contribution in [-0.2, 0) is 14.1 Å². The Labute approximate surface area is 65.6 Å². The van der Waals surface area contributed by atoms with Crippen LogP contribution in [0.5, 0.6) is 0 Å². The molecule has 1 unspecified atom stereocenters. The van der Waals surface area contributed by atoms with Gasteiger partial charge in [-0.1, -0.05) is 0 Å². The smallest absolute Gasteiger partial charge is 0.303 e. The van der Waals surface area contributed by atoms with Crippen LogP contribution in [0.15, 0.2) is 0 Å². The van der Waals surface area contributed by atoms with Crippen molar-refractivity contribution in [2.24, 2.45) is 0 Å². The Hall–Kier alpha value is 0.460. The molecular formula is C3H10O6P2. The number of phosphoric acid groups is 1. The van der Waals surface area contributed by atoms with E-state index in [1.165, 1.54) is 12.6 Å². The molecule has 0 saturated carbocycles. The van der Waals surface area contributed by atoms with Gasteiger partial charge >= 0.3 is 7.82 Å². The van der Waals surface area contributed by atoms with E-state index in [4.69, 9.17) is 19.2 Å². The van der Waals surface area contributed by atoms with Gasteiger partial charge in [-0.3, -0.25) is 0 Å². The number of hydrogen-bond acceptors (Lipinski definition) is 3. The van der Waals surface area contributed by atoms with Gasteiger partial charge in [0.15, 0.2) is 0 Å². The first kappa shape index (κ1) is 11.5. The third-order valence-electron chi connectivity index (χ3n) is 0.624.